The average Bonchev–Trinajstić information content (AvgIpc) is 3.58. The number of aromatic nitrogens is 1. The molecule has 1 aromatic heterocycles. The molecule has 4 atom stereocenters. The van der Waals surface area contributed by atoms with Gasteiger partial charge >= 0.3 is 0 Å². The number of carbonyl (C=O) groups excluding carboxylic acids is 3. The second-order valence-electron chi connectivity index (χ2n) is 9.33. The Morgan fingerprint density at radius 2 is 1.71 bits per heavy atom. The highest BCUT2D eigenvalue weighted by Crippen LogP contribution is 2.52. The maximum Gasteiger partial charge on any atom is 0.254 e. The van der Waals surface area contributed by atoms with Crippen molar-refractivity contribution in [2.45, 2.75) is 19.9 Å². The molecular formula is C27H24N4O3. The van der Waals surface area contributed by atoms with Gasteiger partial charge in [0.1, 0.15) is 6.54 Å². The Bertz CT molecular complexity index is 1370. The summed E-state index contributed by atoms with van der Waals surface area (Å²) >= 11 is 0. The van der Waals surface area contributed by atoms with Gasteiger partial charge in [0.05, 0.1) is 18.1 Å². The number of carbonyl (C=O) groups is 3. The minimum absolute atomic E-state index is 0.128. The highest BCUT2D eigenvalue weighted by Gasteiger charge is 2.59. The van der Waals surface area contributed by atoms with Crippen molar-refractivity contribution in [3.63, 3.8) is 0 Å². The van der Waals surface area contributed by atoms with Crippen LogP contribution in [0.4, 0.5) is 5.69 Å². The molecule has 1 N–H and O–H groups in total. The molecule has 4 unspecified atom stereocenters. The number of hydrogen-bond donors (Lipinski definition) is 1. The van der Waals surface area contributed by atoms with E-state index in [0.29, 0.717) is 0 Å². The SMILES string of the molecule is Cc1ccccc1NC(=O)Cn1cc(C=NN2C(=O)C3C4C=CC(C4)C3C2=O)c2ccccc21. The number of nitrogens with zero attached hydrogens (tertiary/aromatic N) is 3. The van der Waals surface area contributed by atoms with Gasteiger partial charge in [0.25, 0.3) is 11.8 Å². The molecule has 2 fully saturated rings. The number of rotatable bonds is 5. The van der Waals surface area contributed by atoms with Crippen molar-refractivity contribution in [3.05, 3.63) is 78.0 Å². The van der Waals surface area contributed by atoms with E-state index in [-0.39, 0.29) is 47.9 Å². The fourth-order valence-corrected chi connectivity index (χ4v) is 5.69. The average molecular weight is 453 g/mol. The number of amides is 3. The largest absolute Gasteiger partial charge is 0.337 e. The van der Waals surface area contributed by atoms with Crippen LogP contribution in [0.15, 0.2) is 72.0 Å². The predicted molar refractivity (Wildman–Crippen MR) is 129 cm³/mol. The van der Waals surface area contributed by atoms with Gasteiger partial charge in [-0.05, 0) is 42.9 Å². The molecular weight excluding hydrogens is 428 g/mol. The molecule has 0 radical (unpaired) electrons. The number of anilines is 1. The standard InChI is InChI=1S/C27H24N4O3/c1-16-6-2-4-8-21(16)29-23(32)15-30-14-19(20-7-3-5-9-22(20)30)13-28-31-26(33)24-17-10-11-18(12-17)25(24)27(31)34/h2-11,13-14,17-18,24-25H,12,15H2,1H3,(H,29,32). The fraction of sp³-hybridized carbons (Fsp3) is 0.259. The van der Waals surface area contributed by atoms with Crippen molar-refractivity contribution in [3.8, 4) is 0 Å². The molecule has 6 rings (SSSR count). The fourth-order valence-electron chi connectivity index (χ4n) is 5.69. The van der Waals surface area contributed by atoms with E-state index in [1.54, 1.807) is 6.21 Å². The number of fused-ring (bicyclic) bond motifs is 6. The highest BCUT2D eigenvalue weighted by molar-refractivity contribution is 6.08. The first-order valence-electron chi connectivity index (χ1n) is 11.5. The van der Waals surface area contributed by atoms with Gasteiger partial charge in [-0.2, -0.15) is 10.1 Å². The zero-order valence-corrected chi connectivity index (χ0v) is 18.7. The Morgan fingerprint density at radius 1 is 1.03 bits per heavy atom. The summed E-state index contributed by atoms with van der Waals surface area (Å²) in [5, 5.41) is 9.24. The lowest BCUT2D eigenvalue weighted by Gasteiger charge is -2.13. The normalized spacial score (nSPS) is 25.1. The summed E-state index contributed by atoms with van der Waals surface area (Å²) in [7, 11) is 0. The number of imide groups is 1. The highest BCUT2D eigenvalue weighted by atomic mass is 16.2. The zero-order chi connectivity index (χ0) is 23.4. The first kappa shape index (κ1) is 20.6. The summed E-state index contributed by atoms with van der Waals surface area (Å²) in [6.45, 7) is 2.08. The molecule has 1 aliphatic heterocycles. The van der Waals surface area contributed by atoms with Crippen LogP contribution in [-0.4, -0.2) is 33.5 Å². The van der Waals surface area contributed by atoms with Gasteiger partial charge in [-0.1, -0.05) is 48.6 Å². The van der Waals surface area contributed by atoms with E-state index in [4.69, 9.17) is 0 Å². The van der Waals surface area contributed by atoms with Crippen molar-refractivity contribution < 1.29 is 14.4 Å². The summed E-state index contributed by atoms with van der Waals surface area (Å²) < 4.78 is 1.86. The first-order valence-corrected chi connectivity index (χ1v) is 11.5. The lowest BCUT2D eigenvalue weighted by atomic mass is 9.85. The summed E-state index contributed by atoms with van der Waals surface area (Å²) in [6, 6.07) is 15.4. The molecule has 34 heavy (non-hydrogen) atoms. The summed E-state index contributed by atoms with van der Waals surface area (Å²) in [5.41, 5.74) is 3.40. The van der Waals surface area contributed by atoms with Crippen LogP contribution in [-0.2, 0) is 20.9 Å². The maximum absolute atomic E-state index is 12.9. The van der Waals surface area contributed by atoms with E-state index in [2.05, 4.69) is 22.6 Å². The lowest BCUT2D eigenvalue weighted by molar-refractivity contribution is -0.140. The quantitative estimate of drug-likeness (QED) is 0.364. The minimum Gasteiger partial charge on any atom is -0.337 e. The number of allylic oxidation sites excluding steroid dienone is 2. The number of hydrazone groups is 1. The summed E-state index contributed by atoms with van der Waals surface area (Å²) in [5.74, 6) is -0.786. The van der Waals surface area contributed by atoms with E-state index in [9.17, 15) is 14.4 Å². The topological polar surface area (TPSA) is 83.8 Å². The first-order chi connectivity index (χ1) is 16.5. The van der Waals surface area contributed by atoms with E-state index in [1.165, 1.54) is 0 Å². The molecule has 3 aliphatic rings. The van der Waals surface area contributed by atoms with Gasteiger partial charge in [0, 0.05) is 28.4 Å². The van der Waals surface area contributed by atoms with E-state index in [1.807, 2.05) is 66.2 Å². The number of nitrogens with one attached hydrogen (secondary N) is 1. The third kappa shape index (κ3) is 3.19. The molecule has 7 heteroatoms. The van der Waals surface area contributed by atoms with Crippen molar-refractivity contribution >= 4 is 40.5 Å². The third-order valence-electron chi connectivity index (χ3n) is 7.31. The van der Waals surface area contributed by atoms with E-state index >= 15 is 0 Å². The van der Waals surface area contributed by atoms with Crippen LogP contribution in [0.5, 0.6) is 0 Å². The van der Waals surface area contributed by atoms with Gasteiger partial charge in [0.2, 0.25) is 5.91 Å². The van der Waals surface area contributed by atoms with Crippen molar-refractivity contribution in [2.75, 3.05) is 5.32 Å². The Morgan fingerprint density at radius 3 is 2.44 bits per heavy atom. The van der Waals surface area contributed by atoms with Gasteiger partial charge < -0.3 is 9.88 Å². The Kier molecular flexibility index (Phi) is 4.72. The van der Waals surface area contributed by atoms with Crippen LogP contribution in [0.2, 0.25) is 0 Å². The van der Waals surface area contributed by atoms with E-state index in [0.717, 1.165) is 39.1 Å². The molecule has 1 saturated carbocycles. The minimum atomic E-state index is -0.272. The number of para-hydroxylation sites is 2. The molecule has 170 valence electrons. The molecule has 2 bridgehead atoms. The summed E-state index contributed by atoms with van der Waals surface area (Å²) in [4.78, 5) is 38.6. The summed E-state index contributed by atoms with van der Waals surface area (Å²) in [6.07, 6.45) is 8.43. The monoisotopic (exact) mass is 452 g/mol. The van der Waals surface area contributed by atoms with Crippen LogP contribution < -0.4 is 5.32 Å². The second kappa shape index (κ2) is 7.80. The smallest absolute Gasteiger partial charge is 0.254 e. The Labute approximate surface area is 196 Å². The second-order valence-corrected chi connectivity index (χ2v) is 9.33. The number of hydrogen-bond acceptors (Lipinski definition) is 4. The van der Waals surface area contributed by atoms with Gasteiger partial charge in [-0.3, -0.25) is 14.4 Å². The molecule has 0 spiro atoms. The van der Waals surface area contributed by atoms with Crippen LogP contribution in [0, 0.1) is 30.6 Å². The molecule has 3 amide bonds. The van der Waals surface area contributed by atoms with E-state index < -0.39 is 0 Å². The maximum atomic E-state index is 12.9. The van der Waals surface area contributed by atoms with Crippen molar-refractivity contribution in [1.82, 2.24) is 9.58 Å². The number of benzene rings is 2. The molecule has 7 nitrogen and oxygen atoms in total. The Balaban J connectivity index is 1.25. The predicted octanol–water partition coefficient (Wildman–Crippen LogP) is 3.73. The van der Waals surface area contributed by atoms with Crippen LogP contribution >= 0.6 is 0 Å². The third-order valence-corrected chi connectivity index (χ3v) is 7.31. The van der Waals surface area contributed by atoms with Crippen molar-refractivity contribution in [1.29, 1.82) is 0 Å². The molecule has 2 heterocycles. The van der Waals surface area contributed by atoms with Gasteiger partial charge in [-0.15, -0.1) is 0 Å². The Hall–Kier alpha value is -4.00. The number of aryl methyl sites for hydroxylation is 1. The van der Waals surface area contributed by atoms with Crippen LogP contribution in [0.1, 0.15) is 17.5 Å². The van der Waals surface area contributed by atoms with Gasteiger partial charge in [0.15, 0.2) is 0 Å². The van der Waals surface area contributed by atoms with Gasteiger partial charge in [-0.25, -0.2) is 0 Å². The molecule has 3 aromatic rings. The molecule has 2 aromatic carbocycles. The van der Waals surface area contributed by atoms with Crippen LogP contribution in [0.3, 0.4) is 0 Å². The molecule has 2 aliphatic carbocycles. The molecule has 1 saturated heterocycles. The lowest BCUT2D eigenvalue weighted by Crippen LogP contribution is -2.28. The zero-order valence-electron chi connectivity index (χ0n) is 18.7. The van der Waals surface area contributed by atoms with Crippen LogP contribution in [0.25, 0.3) is 10.9 Å². The van der Waals surface area contributed by atoms with Crippen molar-refractivity contribution in [2.24, 2.45) is 28.8 Å².